The van der Waals surface area contributed by atoms with Crippen LogP contribution in [-0.2, 0) is 9.59 Å². The van der Waals surface area contributed by atoms with Gasteiger partial charge < -0.3 is 10.2 Å². The third-order valence-electron chi connectivity index (χ3n) is 2.29. The average Bonchev–Trinajstić information content (AvgIpc) is 2.26. The van der Waals surface area contributed by atoms with E-state index in [0.29, 0.717) is 24.8 Å². The number of unbranched alkanes of at least 4 members (excludes halogenated alkanes) is 1. The summed E-state index contributed by atoms with van der Waals surface area (Å²) in [5, 5.41) is 2.78. The molecular weight excluding hydrogens is 240 g/mol. The van der Waals surface area contributed by atoms with Crippen LogP contribution in [0, 0.1) is 5.92 Å². The first kappa shape index (κ1) is 16.2. The van der Waals surface area contributed by atoms with Crippen LogP contribution in [0.2, 0.25) is 0 Å². The second kappa shape index (κ2) is 9.28. The molecule has 0 unspecified atom stereocenters. The Morgan fingerprint density at radius 3 is 2.47 bits per heavy atom. The van der Waals surface area contributed by atoms with Crippen LogP contribution in [0.5, 0.6) is 0 Å². The van der Waals surface area contributed by atoms with Gasteiger partial charge in [-0.1, -0.05) is 13.8 Å². The number of hydrogen-bond acceptors (Lipinski definition) is 2. The van der Waals surface area contributed by atoms with Crippen molar-refractivity contribution in [1.29, 1.82) is 0 Å². The highest BCUT2D eigenvalue weighted by atomic mass is 35.5. The standard InChI is InChI=1S/C12H23ClN2O2/c1-10(2)8-14-11(16)9-15(3)12(17)6-4-5-7-13/h10H,4-9H2,1-3H3,(H,14,16). The smallest absolute Gasteiger partial charge is 0.239 e. The molecule has 2 amide bonds. The van der Waals surface area contributed by atoms with E-state index < -0.39 is 0 Å². The molecule has 0 aromatic heterocycles. The van der Waals surface area contributed by atoms with Crippen LogP contribution in [-0.4, -0.2) is 42.7 Å². The molecule has 4 nitrogen and oxygen atoms in total. The van der Waals surface area contributed by atoms with Crippen molar-refractivity contribution in [2.45, 2.75) is 33.1 Å². The van der Waals surface area contributed by atoms with Crippen molar-refractivity contribution in [3.8, 4) is 0 Å². The second-order valence-corrected chi connectivity index (χ2v) is 4.97. The van der Waals surface area contributed by atoms with Gasteiger partial charge in [-0.2, -0.15) is 0 Å². The summed E-state index contributed by atoms with van der Waals surface area (Å²) in [5.74, 6) is 0.886. The molecule has 17 heavy (non-hydrogen) atoms. The van der Waals surface area contributed by atoms with Crippen LogP contribution >= 0.6 is 11.6 Å². The van der Waals surface area contributed by atoms with E-state index in [4.69, 9.17) is 11.6 Å². The van der Waals surface area contributed by atoms with Crippen molar-refractivity contribution in [2.75, 3.05) is 26.0 Å². The lowest BCUT2D eigenvalue weighted by atomic mass is 10.2. The first-order chi connectivity index (χ1) is 7.97. The van der Waals surface area contributed by atoms with Crippen molar-refractivity contribution >= 4 is 23.4 Å². The Labute approximate surface area is 109 Å². The van der Waals surface area contributed by atoms with Gasteiger partial charge in [-0.15, -0.1) is 11.6 Å². The lowest BCUT2D eigenvalue weighted by Crippen LogP contribution is -2.39. The number of rotatable bonds is 8. The second-order valence-electron chi connectivity index (χ2n) is 4.59. The number of alkyl halides is 1. The Morgan fingerprint density at radius 2 is 1.94 bits per heavy atom. The van der Waals surface area contributed by atoms with E-state index in [0.717, 1.165) is 12.8 Å². The molecule has 0 aliphatic carbocycles. The highest BCUT2D eigenvalue weighted by Gasteiger charge is 2.12. The van der Waals surface area contributed by atoms with Crippen molar-refractivity contribution < 1.29 is 9.59 Å². The van der Waals surface area contributed by atoms with Crippen LogP contribution < -0.4 is 5.32 Å². The van der Waals surface area contributed by atoms with Gasteiger partial charge in [0.1, 0.15) is 0 Å². The van der Waals surface area contributed by atoms with E-state index in [1.807, 2.05) is 13.8 Å². The van der Waals surface area contributed by atoms with Crippen molar-refractivity contribution in [3.63, 3.8) is 0 Å². The van der Waals surface area contributed by atoms with Gasteiger partial charge in [-0.25, -0.2) is 0 Å². The number of carbonyl (C=O) groups excluding carboxylic acids is 2. The van der Waals surface area contributed by atoms with E-state index in [1.165, 1.54) is 4.90 Å². The van der Waals surface area contributed by atoms with Gasteiger partial charge in [-0.05, 0) is 18.8 Å². The summed E-state index contributed by atoms with van der Waals surface area (Å²) in [7, 11) is 1.65. The zero-order valence-corrected chi connectivity index (χ0v) is 11.7. The summed E-state index contributed by atoms with van der Waals surface area (Å²) >= 11 is 5.53. The number of amides is 2. The third kappa shape index (κ3) is 8.98. The molecule has 0 bridgehead atoms. The molecule has 0 aromatic carbocycles. The first-order valence-electron chi connectivity index (χ1n) is 6.04. The lowest BCUT2D eigenvalue weighted by molar-refractivity contribution is -0.134. The molecule has 0 aliphatic rings. The number of carbonyl (C=O) groups is 2. The summed E-state index contributed by atoms with van der Waals surface area (Å²) in [5.41, 5.74) is 0. The molecule has 0 rings (SSSR count). The number of nitrogens with one attached hydrogen (secondary N) is 1. The molecule has 0 atom stereocenters. The molecule has 1 N–H and O–H groups in total. The maximum atomic E-state index is 11.6. The zero-order valence-electron chi connectivity index (χ0n) is 11.0. The first-order valence-corrected chi connectivity index (χ1v) is 6.57. The molecule has 0 spiro atoms. The van der Waals surface area contributed by atoms with Crippen LogP contribution in [0.3, 0.4) is 0 Å². The molecule has 0 radical (unpaired) electrons. The monoisotopic (exact) mass is 262 g/mol. The van der Waals surface area contributed by atoms with Crippen molar-refractivity contribution in [3.05, 3.63) is 0 Å². The number of hydrogen-bond donors (Lipinski definition) is 1. The molecule has 0 aromatic rings. The molecule has 0 aliphatic heterocycles. The quantitative estimate of drug-likeness (QED) is 0.534. The summed E-state index contributed by atoms with van der Waals surface area (Å²) in [6, 6.07) is 0. The Hall–Kier alpha value is -0.770. The molecular formula is C12H23ClN2O2. The van der Waals surface area contributed by atoms with Crippen LogP contribution in [0.4, 0.5) is 0 Å². The number of likely N-dealkylation sites (N-methyl/N-ethyl adjacent to an activating group) is 1. The van der Waals surface area contributed by atoms with Gasteiger partial charge in [0, 0.05) is 25.9 Å². The third-order valence-corrected chi connectivity index (χ3v) is 2.56. The molecule has 0 heterocycles. The van der Waals surface area contributed by atoms with E-state index >= 15 is 0 Å². The predicted octanol–water partition coefficient (Wildman–Crippen LogP) is 1.63. The highest BCUT2D eigenvalue weighted by Crippen LogP contribution is 2.00. The summed E-state index contributed by atoms with van der Waals surface area (Å²) in [6.07, 6.45) is 2.07. The van der Waals surface area contributed by atoms with Gasteiger partial charge in [0.05, 0.1) is 6.54 Å². The predicted molar refractivity (Wildman–Crippen MR) is 70.1 cm³/mol. The maximum absolute atomic E-state index is 11.6. The van der Waals surface area contributed by atoms with Crippen molar-refractivity contribution in [2.24, 2.45) is 5.92 Å². The number of nitrogens with zero attached hydrogens (tertiary/aromatic N) is 1. The summed E-state index contributed by atoms with van der Waals surface area (Å²) in [6.45, 7) is 4.84. The van der Waals surface area contributed by atoms with E-state index in [-0.39, 0.29) is 18.4 Å². The Bertz CT molecular complexity index is 245. The van der Waals surface area contributed by atoms with E-state index in [2.05, 4.69) is 5.32 Å². The minimum atomic E-state index is -0.105. The minimum absolute atomic E-state index is 0.00480. The van der Waals surface area contributed by atoms with Crippen molar-refractivity contribution in [1.82, 2.24) is 10.2 Å². The Morgan fingerprint density at radius 1 is 1.29 bits per heavy atom. The fourth-order valence-electron chi connectivity index (χ4n) is 1.24. The number of halogens is 1. The summed E-state index contributed by atoms with van der Waals surface area (Å²) < 4.78 is 0. The highest BCUT2D eigenvalue weighted by molar-refractivity contribution is 6.17. The molecule has 0 fully saturated rings. The maximum Gasteiger partial charge on any atom is 0.239 e. The Balaban J connectivity index is 3.78. The van der Waals surface area contributed by atoms with Crippen LogP contribution in [0.15, 0.2) is 0 Å². The molecule has 5 heteroatoms. The van der Waals surface area contributed by atoms with Gasteiger partial charge >= 0.3 is 0 Å². The van der Waals surface area contributed by atoms with Crippen LogP contribution in [0.25, 0.3) is 0 Å². The SMILES string of the molecule is CC(C)CNC(=O)CN(C)C(=O)CCCCCl. The van der Waals surface area contributed by atoms with Crippen LogP contribution in [0.1, 0.15) is 33.1 Å². The largest absolute Gasteiger partial charge is 0.354 e. The molecule has 0 saturated heterocycles. The van der Waals surface area contributed by atoms with Gasteiger partial charge in [0.15, 0.2) is 0 Å². The molecule has 0 saturated carbocycles. The minimum Gasteiger partial charge on any atom is -0.354 e. The van der Waals surface area contributed by atoms with Gasteiger partial charge in [0.25, 0.3) is 0 Å². The summed E-state index contributed by atoms with van der Waals surface area (Å²) in [4.78, 5) is 24.5. The average molecular weight is 263 g/mol. The Kier molecular flexibility index (Phi) is 8.86. The van der Waals surface area contributed by atoms with E-state index in [9.17, 15) is 9.59 Å². The van der Waals surface area contributed by atoms with Gasteiger partial charge in [-0.3, -0.25) is 9.59 Å². The molecule has 100 valence electrons. The van der Waals surface area contributed by atoms with Gasteiger partial charge in [0.2, 0.25) is 11.8 Å². The lowest BCUT2D eigenvalue weighted by Gasteiger charge is -2.17. The topological polar surface area (TPSA) is 49.4 Å². The normalized spacial score (nSPS) is 10.4. The zero-order chi connectivity index (χ0) is 13.3. The van der Waals surface area contributed by atoms with E-state index in [1.54, 1.807) is 7.05 Å². The fourth-order valence-corrected chi connectivity index (χ4v) is 1.43. The fraction of sp³-hybridized carbons (Fsp3) is 0.833.